The lowest BCUT2D eigenvalue weighted by Crippen LogP contribution is -2.35. The Balaban J connectivity index is 1.57. The maximum Gasteiger partial charge on any atom is 0.303 e. The van der Waals surface area contributed by atoms with Gasteiger partial charge in [-0.25, -0.2) is 0 Å². The van der Waals surface area contributed by atoms with Gasteiger partial charge in [-0.15, -0.1) is 0 Å². The van der Waals surface area contributed by atoms with Gasteiger partial charge in [0.05, 0.1) is 11.3 Å². The molecule has 1 atom stereocenters. The summed E-state index contributed by atoms with van der Waals surface area (Å²) < 4.78 is 0. The molecule has 0 spiro atoms. The number of aryl methyl sites for hydroxylation is 1. The van der Waals surface area contributed by atoms with Gasteiger partial charge < -0.3 is 15.1 Å². The number of hydrogen-bond donors (Lipinski definition) is 3. The summed E-state index contributed by atoms with van der Waals surface area (Å²) in [4.78, 5) is 32.6. The number of likely N-dealkylation sites (tertiary alicyclic amines) is 1. The van der Waals surface area contributed by atoms with E-state index >= 15 is 0 Å². The number of nitrogens with one attached hydrogen (secondary N) is 2. The summed E-state index contributed by atoms with van der Waals surface area (Å²) in [6.07, 6.45) is 6.98. The highest BCUT2D eigenvalue weighted by molar-refractivity contribution is 5.86. The number of aliphatic carboxylic acids is 1. The fraction of sp³-hybridized carbons (Fsp3) is 0.385. The Bertz CT molecular complexity index is 1200. The van der Waals surface area contributed by atoms with Crippen molar-refractivity contribution in [3.8, 4) is 11.3 Å². The number of allylic oxidation sites excluding steroid dienone is 1. The summed E-state index contributed by atoms with van der Waals surface area (Å²) in [6, 6.07) is 10.4. The molecule has 168 valence electrons. The highest BCUT2D eigenvalue weighted by Crippen LogP contribution is 2.26. The number of hydrogen-bond acceptors (Lipinski definition) is 3. The molecule has 1 unspecified atom stereocenters. The molecular weight excluding hydrogens is 402 g/mol. The number of carboxylic acids is 1. The second-order valence-corrected chi connectivity index (χ2v) is 8.75. The van der Waals surface area contributed by atoms with E-state index in [9.17, 15) is 9.59 Å². The van der Waals surface area contributed by atoms with E-state index < -0.39 is 5.97 Å². The first kappa shape index (κ1) is 22.1. The molecule has 4 rings (SSSR count). The van der Waals surface area contributed by atoms with Crippen LogP contribution in [0.25, 0.3) is 28.2 Å². The Morgan fingerprint density at radius 3 is 2.84 bits per heavy atom. The normalized spacial score (nSPS) is 17.4. The van der Waals surface area contributed by atoms with Crippen molar-refractivity contribution in [2.24, 2.45) is 5.92 Å². The standard InChI is InChI=1S/C26H31N3O3/c1-3-6-22-19(4-2)13-21(26(32)28-22)24-14-20-11-18(8-9-23(20)27-24)16-29-10-5-7-17(15-29)12-25(30)31/h3,6,8-9,11,13-14,17,27H,4-5,7,10,12,15-16H2,1-2H3,(H,28,32)(H,30,31)/b6-3-. The molecule has 1 aromatic carbocycles. The number of carboxylic acid groups (broad SMARTS) is 1. The molecule has 0 bridgehead atoms. The van der Waals surface area contributed by atoms with Gasteiger partial charge in [0.2, 0.25) is 0 Å². The minimum Gasteiger partial charge on any atom is -0.481 e. The van der Waals surface area contributed by atoms with E-state index in [4.69, 9.17) is 5.11 Å². The molecule has 1 fully saturated rings. The molecule has 3 heterocycles. The van der Waals surface area contributed by atoms with Gasteiger partial charge in [-0.3, -0.25) is 14.5 Å². The highest BCUT2D eigenvalue weighted by atomic mass is 16.4. The Hall–Kier alpha value is -3.12. The summed E-state index contributed by atoms with van der Waals surface area (Å²) in [5.74, 6) is -0.480. The fourth-order valence-electron chi connectivity index (χ4n) is 4.79. The first-order valence-electron chi connectivity index (χ1n) is 11.4. The van der Waals surface area contributed by atoms with Crippen LogP contribution in [-0.4, -0.2) is 39.0 Å². The first-order valence-corrected chi connectivity index (χ1v) is 11.4. The van der Waals surface area contributed by atoms with Gasteiger partial charge >= 0.3 is 5.97 Å². The summed E-state index contributed by atoms with van der Waals surface area (Å²) in [5.41, 5.74) is 5.55. The van der Waals surface area contributed by atoms with Crippen molar-refractivity contribution in [1.82, 2.24) is 14.9 Å². The molecule has 2 aromatic heterocycles. The number of rotatable bonds is 7. The van der Waals surface area contributed by atoms with Gasteiger partial charge in [-0.2, -0.15) is 0 Å². The zero-order chi connectivity index (χ0) is 22.7. The Labute approximate surface area is 188 Å². The number of pyridine rings is 1. The van der Waals surface area contributed by atoms with E-state index in [1.807, 2.05) is 31.2 Å². The quantitative estimate of drug-likeness (QED) is 0.499. The van der Waals surface area contributed by atoms with Crippen molar-refractivity contribution < 1.29 is 9.90 Å². The van der Waals surface area contributed by atoms with Gasteiger partial charge in [-0.1, -0.05) is 19.1 Å². The van der Waals surface area contributed by atoms with Crippen LogP contribution in [0.2, 0.25) is 0 Å². The topological polar surface area (TPSA) is 89.2 Å². The monoisotopic (exact) mass is 433 g/mol. The van der Waals surface area contributed by atoms with Crippen LogP contribution >= 0.6 is 0 Å². The third kappa shape index (κ3) is 4.86. The van der Waals surface area contributed by atoms with Crippen LogP contribution in [0.4, 0.5) is 0 Å². The molecular formula is C26H31N3O3. The molecule has 3 aromatic rings. The molecule has 6 heteroatoms. The average Bonchev–Trinajstić information content (AvgIpc) is 3.17. The number of piperidine rings is 1. The van der Waals surface area contributed by atoms with Crippen LogP contribution in [0.15, 0.2) is 41.2 Å². The van der Waals surface area contributed by atoms with E-state index in [-0.39, 0.29) is 17.9 Å². The average molecular weight is 434 g/mol. The first-order chi connectivity index (χ1) is 15.5. The molecule has 1 aliphatic rings. The third-order valence-electron chi connectivity index (χ3n) is 6.32. The number of fused-ring (bicyclic) bond motifs is 1. The molecule has 3 N–H and O–H groups in total. The van der Waals surface area contributed by atoms with Crippen molar-refractivity contribution in [2.45, 2.75) is 46.1 Å². The summed E-state index contributed by atoms with van der Waals surface area (Å²) in [5, 5.41) is 10.2. The van der Waals surface area contributed by atoms with Crippen molar-refractivity contribution in [1.29, 1.82) is 0 Å². The van der Waals surface area contributed by atoms with Gasteiger partial charge in [0, 0.05) is 36.1 Å². The zero-order valence-corrected chi connectivity index (χ0v) is 18.8. The van der Waals surface area contributed by atoms with Crippen LogP contribution in [0.3, 0.4) is 0 Å². The lowest BCUT2D eigenvalue weighted by atomic mass is 9.94. The molecule has 0 amide bonds. The molecule has 6 nitrogen and oxygen atoms in total. The minimum atomic E-state index is -0.710. The SMILES string of the molecule is C/C=C\c1[nH]c(=O)c(-c2cc3cc(CN4CCCC(CC(=O)O)C4)ccc3[nH]2)cc1CC. The molecule has 1 aliphatic heterocycles. The molecule has 32 heavy (non-hydrogen) atoms. The summed E-state index contributed by atoms with van der Waals surface area (Å²) in [7, 11) is 0. The number of H-pyrrole nitrogens is 2. The van der Waals surface area contributed by atoms with Gasteiger partial charge in [0.25, 0.3) is 5.56 Å². The van der Waals surface area contributed by atoms with Crippen LogP contribution in [0.5, 0.6) is 0 Å². The Kier molecular flexibility index (Phi) is 6.61. The predicted molar refractivity (Wildman–Crippen MR) is 129 cm³/mol. The van der Waals surface area contributed by atoms with Crippen molar-refractivity contribution in [2.75, 3.05) is 13.1 Å². The molecule has 1 saturated heterocycles. The van der Waals surface area contributed by atoms with E-state index in [1.54, 1.807) is 0 Å². The van der Waals surface area contributed by atoms with E-state index in [0.29, 0.717) is 5.56 Å². The van der Waals surface area contributed by atoms with E-state index in [2.05, 4.69) is 40.0 Å². The maximum atomic E-state index is 12.7. The fourth-order valence-corrected chi connectivity index (χ4v) is 4.79. The van der Waals surface area contributed by atoms with Crippen molar-refractivity contribution in [3.63, 3.8) is 0 Å². The summed E-state index contributed by atoms with van der Waals surface area (Å²) >= 11 is 0. The number of carbonyl (C=O) groups is 1. The predicted octanol–water partition coefficient (Wildman–Crippen LogP) is 4.81. The molecule has 0 radical (unpaired) electrons. The van der Waals surface area contributed by atoms with E-state index in [0.717, 1.165) is 66.8 Å². The van der Waals surface area contributed by atoms with Crippen molar-refractivity contribution >= 4 is 22.9 Å². The zero-order valence-electron chi connectivity index (χ0n) is 18.8. The van der Waals surface area contributed by atoms with Gasteiger partial charge in [0.15, 0.2) is 0 Å². The number of aromatic amines is 2. The van der Waals surface area contributed by atoms with E-state index in [1.165, 1.54) is 5.56 Å². The second-order valence-electron chi connectivity index (χ2n) is 8.75. The minimum absolute atomic E-state index is 0.0973. The van der Waals surface area contributed by atoms with Crippen LogP contribution in [0, 0.1) is 5.92 Å². The van der Waals surface area contributed by atoms with Crippen molar-refractivity contribution in [3.05, 3.63) is 63.6 Å². The number of benzene rings is 1. The lowest BCUT2D eigenvalue weighted by molar-refractivity contribution is -0.138. The number of nitrogens with zero attached hydrogens (tertiary/aromatic N) is 1. The van der Waals surface area contributed by atoms with Gasteiger partial charge in [-0.05, 0) is 80.1 Å². The second kappa shape index (κ2) is 9.57. The maximum absolute atomic E-state index is 12.7. The van der Waals surface area contributed by atoms with Gasteiger partial charge in [0.1, 0.15) is 0 Å². The van der Waals surface area contributed by atoms with Crippen LogP contribution in [-0.2, 0) is 17.8 Å². The summed E-state index contributed by atoms with van der Waals surface area (Å²) in [6.45, 7) is 6.67. The molecule has 0 aliphatic carbocycles. The smallest absolute Gasteiger partial charge is 0.303 e. The Morgan fingerprint density at radius 1 is 1.25 bits per heavy atom. The Morgan fingerprint density at radius 2 is 2.09 bits per heavy atom. The van der Waals surface area contributed by atoms with Crippen LogP contribution < -0.4 is 5.56 Å². The van der Waals surface area contributed by atoms with Crippen LogP contribution in [0.1, 0.15) is 49.9 Å². The largest absolute Gasteiger partial charge is 0.481 e. The highest BCUT2D eigenvalue weighted by Gasteiger charge is 2.22. The lowest BCUT2D eigenvalue weighted by Gasteiger charge is -2.32. The number of aromatic nitrogens is 2. The third-order valence-corrected chi connectivity index (χ3v) is 6.32. The molecule has 0 saturated carbocycles.